The zero-order chi connectivity index (χ0) is 12.4. The lowest BCUT2D eigenvalue weighted by atomic mass is 9.89. The minimum atomic E-state index is 0.133. The minimum Gasteiger partial charge on any atom is -0.367 e. The van der Waals surface area contributed by atoms with Crippen LogP contribution in [0.3, 0.4) is 0 Å². The van der Waals surface area contributed by atoms with Crippen molar-refractivity contribution >= 4 is 5.91 Å². The standard InChI is InChI=1S/C14H18N2O2/c17-14(16-12-6-13(16)8-15-7-12)10-18-9-11-4-2-1-3-5-11/h1-5,12-13,15H,6-10H2. The maximum Gasteiger partial charge on any atom is 0.249 e. The third-order valence-electron chi connectivity index (χ3n) is 3.72. The van der Waals surface area contributed by atoms with E-state index in [1.54, 1.807) is 0 Å². The van der Waals surface area contributed by atoms with Gasteiger partial charge in [0.15, 0.2) is 0 Å². The molecular formula is C14H18N2O2. The Balaban J connectivity index is 1.45. The predicted molar refractivity (Wildman–Crippen MR) is 68.0 cm³/mol. The van der Waals surface area contributed by atoms with Crippen LogP contribution in [0, 0.1) is 0 Å². The highest BCUT2D eigenvalue weighted by Crippen LogP contribution is 2.28. The molecule has 3 rings (SSSR count). The molecule has 0 spiro atoms. The van der Waals surface area contributed by atoms with Gasteiger partial charge in [0, 0.05) is 25.2 Å². The lowest BCUT2D eigenvalue weighted by Gasteiger charge is -2.53. The Morgan fingerprint density at radius 1 is 1.28 bits per heavy atom. The van der Waals surface area contributed by atoms with Gasteiger partial charge >= 0.3 is 0 Å². The lowest BCUT2D eigenvalue weighted by Crippen LogP contribution is -2.69. The van der Waals surface area contributed by atoms with Crippen molar-refractivity contribution in [3.63, 3.8) is 0 Å². The number of hydrogen-bond donors (Lipinski definition) is 1. The first kappa shape index (κ1) is 11.7. The van der Waals surface area contributed by atoms with Gasteiger partial charge in [-0.15, -0.1) is 0 Å². The van der Waals surface area contributed by atoms with Crippen LogP contribution in [-0.2, 0) is 16.1 Å². The molecule has 96 valence electrons. The van der Waals surface area contributed by atoms with E-state index in [4.69, 9.17) is 4.74 Å². The van der Waals surface area contributed by atoms with E-state index in [1.165, 1.54) is 0 Å². The smallest absolute Gasteiger partial charge is 0.249 e. The summed E-state index contributed by atoms with van der Waals surface area (Å²) in [5, 5.41) is 3.32. The van der Waals surface area contributed by atoms with Crippen molar-refractivity contribution in [2.75, 3.05) is 19.7 Å². The number of ether oxygens (including phenoxy) is 1. The molecule has 0 saturated carbocycles. The van der Waals surface area contributed by atoms with E-state index in [0.29, 0.717) is 18.7 Å². The first-order valence-electron chi connectivity index (χ1n) is 6.48. The monoisotopic (exact) mass is 246 g/mol. The van der Waals surface area contributed by atoms with Crippen molar-refractivity contribution in [3.05, 3.63) is 35.9 Å². The second kappa shape index (κ2) is 5.08. The molecule has 0 aromatic heterocycles. The van der Waals surface area contributed by atoms with Gasteiger partial charge in [-0.05, 0) is 12.0 Å². The molecule has 2 aliphatic heterocycles. The molecule has 1 aromatic carbocycles. The summed E-state index contributed by atoms with van der Waals surface area (Å²) in [4.78, 5) is 14.0. The molecule has 2 heterocycles. The fraction of sp³-hybridized carbons (Fsp3) is 0.500. The van der Waals surface area contributed by atoms with Gasteiger partial charge in [0.2, 0.25) is 5.91 Å². The first-order valence-corrected chi connectivity index (χ1v) is 6.48. The third-order valence-corrected chi connectivity index (χ3v) is 3.72. The Morgan fingerprint density at radius 3 is 2.67 bits per heavy atom. The van der Waals surface area contributed by atoms with E-state index in [2.05, 4.69) is 5.32 Å². The van der Waals surface area contributed by atoms with Crippen LogP contribution in [0.25, 0.3) is 0 Å². The van der Waals surface area contributed by atoms with E-state index in [-0.39, 0.29) is 12.5 Å². The van der Waals surface area contributed by atoms with Crippen LogP contribution >= 0.6 is 0 Å². The highest BCUT2D eigenvalue weighted by Gasteiger charge is 2.43. The quantitative estimate of drug-likeness (QED) is 0.853. The van der Waals surface area contributed by atoms with Crippen molar-refractivity contribution in [1.29, 1.82) is 0 Å². The van der Waals surface area contributed by atoms with Crippen molar-refractivity contribution in [1.82, 2.24) is 10.2 Å². The van der Waals surface area contributed by atoms with Gasteiger partial charge in [-0.2, -0.15) is 0 Å². The van der Waals surface area contributed by atoms with Crippen LogP contribution in [0.1, 0.15) is 12.0 Å². The number of nitrogens with zero attached hydrogens (tertiary/aromatic N) is 1. The number of carbonyl (C=O) groups is 1. The SMILES string of the molecule is O=C(COCc1ccccc1)N1C2CNCC1C2. The average molecular weight is 246 g/mol. The maximum absolute atomic E-state index is 12.0. The number of amides is 1. The fourth-order valence-electron chi connectivity index (χ4n) is 2.79. The van der Waals surface area contributed by atoms with Crippen LogP contribution in [0.2, 0.25) is 0 Å². The van der Waals surface area contributed by atoms with E-state index in [1.807, 2.05) is 35.2 Å². The molecule has 2 saturated heterocycles. The summed E-state index contributed by atoms with van der Waals surface area (Å²) in [5.74, 6) is 0.133. The molecule has 0 radical (unpaired) electrons. The fourth-order valence-corrected chi connectivity index (χ4v) is 2.79. The van der Waals surface area contributed by atoms with Crippen LogP contribution in [0.5, 0.6) is 0 Å². The van der Waals surface area contributed by atoms with Gasteiger partial charge in [0.1, 0.15) is 6.61 Å². The minimum absolute atomic E-state index is 0.133. The largest absolute Gasteiger partial charge is 0.367 e. The zero-order valence-corrected chi connectivity index (χ0v) is 10.3. The van der Waals surface area contributed by atoms with Crippen molar-refractivity contribution in [2.24, 2.45) is 0 Å². The topological polar surface area (TPSA) is 41.6 Å². The second-order valence-corrected chi connectivity index (χ2v) is 4.98. The third kappa shape index (κ3) is 2.26. The Hall–Kier alpha value is -1.39. The van der Waals surface area contributed by atoms with Crippen LogP contribution in [-0.4, -0.2) is 42.6 Å². The number of carbonyl (C=O) groups excluding carboxylic acids is 1. The Kier molecular flexibility index (Phi) is 3.30. The molecule has 4 nitrogen and oxygen atoms in total. The van der Waals surface area contributed by atoms with E-state index >= 15 is 0 Å². The van der Waals surface area contributed by atoms with Crippen LogP contribution < -0.4 is 5.32 Å². The van der Waals surface area contributed by atoms with Crippen molar-refractivity contribution < 1.29 is 9.53 Å². The van der Waals surface area contributed by atoms with Gasteiger partial charge in [-0.3, -0.25) is 4.79 Å². The Morgan fingerprint density at radius 2 is 2.00 bits per heavy atom. The van der Waals surface area contributed by atoms with Gasteiger partial charge in [-0.1, -0.05) is 30.3 Å². The molecule has 0 aliphatic carbocycles. The highest BCUT2D eigenvalue weighted by molar-refractivity contribution is 5.79. The van der Waals surface area contributed by atoms with Crippen molar-refractivity contribution in [2.45, 2.75) is 25.1 Å². The Labute approximate surface area is 107 Å². The molecular weight excluding hydrogens is 228 g/mol. The number of nitrogens with one attached hydrogen (secondary N) is 1. The molecule has 2 fully saturated rings. The van der Waals surface area contributed by atoms with E-state index in [9.17, 15) is 4.79 Å². The number of fused-ring (bicyclic) bond motifs is 2. The molecule has 2 atom stereocenters. The van der Waals surface area contributed by atoms with E-state index in [0.717, 1.165) is 25.1 Å². The number of hydrogen-bond acceptors (Lipinski definition) is 3. The summed E-state index contributed by atoms with van der Waals surface area (Å²) < 4.78 is 5.49. The zero-order valence-electron chi connectivity index (χ0n) is 10.3. The van der Waals surface area contributed by atoms with E-state index < -0.39 is 0 Å². The molecule has 1 amide bonds. The van der Waals surface area contributed by atoms with Crippen molar-refractivity contribution in [3.8, 4) is 0 Å². The molecule has 2 unspecified atom stereocenters. The molecule has 4 heteroatoms. The molecule has 1 aromatic rings. The van der Waals surface area contributed by atoms with Gasteiger partial charge in [0.25, 0.3) is 0 Å². The molecule has 1 N–H and O–H groups in total. The number of benzene rings is 1. The van der Waals surface area contributed by atoms with Gasteiger partial charge in [0.05, 0.1) is 6.61 Å². The summed E-state index contributed by atoms with van der Waals surface area (Å²) in [6, 6.07) is 10.7. The summed E-state index contributed by atoms with van der Waals surface area (Å²) in [7, 11) is 0. The summed E-state index contributed by atoms with van der Waals surface area (Å²) in [6.07, 6.45) is 1.15. The summed E-state index contributed by atoms with van der Waals surface area (Å²) >= 11 is 0. The van der Waals surface area contributed by atoms with Gasteiger partial charge < -0.3 is 15.0 Å². The summed E-state index contributed by atoms with van der Waals surface area (Å²) in [5.41, 5.74) is 1.11. The van der Waals surface area contributed by atoms with Gasteiger partial charge in [-0.25, -0.2) is 0 Å². The van der Waals surface area contributed by atoms with Crippen LogP contribution in [0.4, 0.5) is 0 Å². The molecule has 2 aliphatic rings. The second-order valence-electron chi connectivity index (χ2n) is 4.98. The molecule has 18 heavy (non-hydrogen) atoms. The Bertz CT molecular complexity index is 407. The number of rotatable bonds is 4. The lowest BCUT2D eigenvalue weighted by molar-refractivity contribution is -0.152. The predicted octanol–water partition coefficient (Wildman–Crippen LogP) is 0.776. The normalized spacial score (nSPS) is 25.7. The average Bonchev–Trinajstić information content (AvgIpc) is 2.40. The highest BCUT2D eigenvalue weighted by atomic mass is 16.5. The summed E-state index contributed by atoms with van der Waals surface area (Å²) in [6.45, 7) is 2.57. The van der Waals surface area contributed by atoms with Crippen LogP contribution in [0.15, 0.2) is 30.3 Å². The molecule has 2 bridgehead atoms. The maximum atomic E-state index is 12.0. The number of piperidine rings is 1. The first-order chi connectivity index (χ1) is 8.84. The number of piperazine rings is 1.